The number of nitrogens with zero attached hydrogens (tertiary/aromatic N) is 3. The van der Waals surface area contributed by atoms with Crippen LogP contribution < -0.4 is 11.1 Å². The van der Waals surface area contributed by atoms with Gasteiger partial charge in [0, 0.05) is 15.4 Å². The summed E-state index contributed by atoms with van der Waals surface area (Å²) in [5.74, 6) is -5.71. The third kappa shape index (κ3) is 4.96. The lowest BCUT2D eigenvalue weighted by atomic mass is 10.0. The number of aliphatic hydroxyl groups excluding tert-OH is 1. The number of nitrogen functional groups attached to an aromatic ring is 1. The first kappa shape index (κ1) is 22.9. The van der Waals surface area contributed by atoms with Crippen molar-refractivity contribution in [2.75, 3.05) is 11.1 Å². The van der Waals surface area contributed by atoms with Crippen LogP contribution in [0, 0.1) is 18.5 Å². The quantitative estimate of drug-likeness (QED) is 0.301. The second-order valence-corrected chi connectivity index (χ2v) is 7.85. The summed E-state index contributed by atoms with van der Waals surface area (Å²) in [6, 6.07) is 3.48. The standard InChI is InChI=1S/C23H15F8N5O2/c1-9-34-17(18-20(32)33-8-16(36(9)18)23(29,30)31)14-3-2-13(7-15(14)25)35-21(38)19(37)10-4-11(22(26,27)28)6-12(24)5-10/h2-8,19,37H,1H3,(H2,32,33)(H,35,38)/t19-/m0/s1/i1D3. The summed E-state index contributed by atoms with van der Waals surface area (Å²) in [7, 11) is 0. The van der Waals surface area contributed by atoms with E-state index in [1.165, 1.54) is 0 Å². The number of aryl methyl sites for hydroxylation is 1. The maximum Gasteiger partial charge on any atom is 0.433 e. The van der Waals surface area contributed by atoms with Gasteiger partial charge in [0.1, 0.15) is 40.2 Å². The van der Waals surface area contributed by atoms with Gasteiger partial charge in [-0.15, -0.1) is 0 Å². The summed E-state index contributed by atoms with van der Waals surface area (Å²) in [6.45, 7) is -3.21. The minimum atomic E-state index is -5.10. The van der Waals surface area contributed by atoms with Crippen LogP contribution in [0.5, 0.6) is 0 Å². The third-order valence-corrected chi connectivity index (χ3v) is 5.28. The van der Waals surface area contributed by atoms with E-state index in [1.807, 2.05) is 5.32 Å². The molecule has 0 aliphatic heterocycles. The van der Waals surface area contributed by atoms with Crippen molar-refractivity contribution in [3.05, 3.63) is 76.9 Å². The van der Waals surface area contributed by atoms with Crippen molar-refractivity contribution in [1.82, 2.24) is 14.4 Å². The van der Waals surface area contributed by atoms with E-state index in [9.17, 15) is 40.6 Å². The van der Waals surface area contributed by atoms with Crippen LogP contribution in [0.2, 0.25) is 0 Å². The van der Waals surface area contributed by atoms with Gasteiger partial charge in [0.15, 0.2) is 6.10 Å². The van der Waals surface area contributed by atoms with Crippen molar-refractivity contribution in [2.45, 2.75) is 25.3 Å². The van der Waals surface area contributed by atoms with Crippen LogP contribution in [0.3, 0.4) is 0 Å². The molecule has 1 amide bonds. The highest BCUT2D eigenvalue weighted by molar-refractivity contribution is 5.95. The molecule has 15 heteroatoms. The monoisotopic (exact) mass is 548 g/mol. The van der Waals surface area contributed by atoms with Gasteiger partial charge in [-0.3, -0.25) is 9.20 Å². The Morgan fingerprint density at radius 2 is 1.82 bits per heavy atom. The third-order valence-electron chi connectivity index (χ3n) is 5.28. The number of imidazole rings is 1. The van der Waals surface area contributed by atoms with Gasteiger partial charge in [-0.1, -0.05) is 0 Å². The van der Waals surface area contributed by atoms with Gasteiger partial charge < -0.3 is 16.2 Å². The van der Waals surface area contributed by atoms with Gasteiger partial charge in [0.05, 0.1) is 11.8 Å². The SMILES string of the molecule is [2H]C([2H])([2H])c1nc(-c2ccc(NC(=O)[C@@H](O)c3cc(F)cc(C(F)(F)F)c3)cc2F)c2c(N)ncc(C(F)(F)F)n12. The fourth-order valence-corrected chi connectivity index (χ4v) is 3.61. The van der Waals surface area contributed by atoms with Gasteiger partial charge in [-0.25, -0.2) is 18.7 Å². The smallest absolute Gasteiger partial charge is 0.382 e. The van der Waals surface area contributed by atoms with E-state index in [4.69, 9.17) is 9.85 Å². The van der Waals surface area contributed by atoms with Crippen molar-refractivity contribution >= 4 is 22.9 Å². The van der Waals surface area contributed by atoms with Crippen LogP contribution in [0.4, 0.5) is 46.6 Å². The second kappa shape index (κ2) is 9.24. The molecule has 0 bridgehead atoms. The average molecular weight is 548 g/mol. The Morgan fingerprint density at radius 1 is 1.11 bits per heavy atom. The normalized spacial score (nSPS) is 14.6. The fraction of sp³-hybridized carbons (Fsp3) is 0.174. The summed E-state index contributed by atoms with van der Waals surface area (Å²) in [5, 5.41) is 12.2. The number of amides is 1. The molecule has 0 fully saturated rings. The number of aromatic nitrogens is 3. The van der Waals surface area contributed by atoms with E-state index < -0.39 is 88.1 Å². The first-order valence-corrected chi connectivity index (χ1v) is 10.2. The number of halogens is 8. The molecule has 0 aliphatic rings. The summed E-state index contributed by atoms with van der Waals surface area (Å²) >= 11 is 0. The molecule has 1 atom stereocenters. The topological polar surface area (TPSA) is 106 Å². The minimum absolute atomic E-state index is 0.152. The number of carbonyl (C=O) groups is 1. The van der Waals surface area contributed by atoms with Crippen molar-refractivity contribution in [3.63, 3.8) is 0 Å². The molecule has 0 aliphatic carbocycles. The van der Waals surface area contributed by atoms with Gasteiger partial charge in [0.2, 0.25) is 0 Å². The van der Waals surface area contributed by atoms with E-state index in [0.29, 0.717) is 24.4 Å². The predicted molar refractivity (Wildman–Crippen MR) is 118 cm³/mol. The van der Waals surface area contributed by atoms with Crippen LogP contribution in [-0.4, -0.2) is 25.4 Å². The number of nitrogens with one attached hydrogen (secondary N) is 1. The molecule has 0 saturated heterocycles. The van der Waals surface area contributed by atoms with Crippen LogP contribution in [0.1, 0.15) is 32.9 Å². The highest BCUT2D eigenvalue weighted by atomic mass is 19.4. The summed E-state index contributed by atoms with van der Waals surface area (Å²) in [6.07, 6.45) is -12.1. The molecule has 200 valence electrons. The fourth-order valence-electron chi connectivity index (χ4n) is 3.61. The summed E-state index contributed by atoms with van der Waals surface area (Å²) < 4.78 is 132. The minimum Gasteiger partial charge on any atom is -0.382 e. The molecule has 0 spiro atoms. The highest BCUT2D eigenvalue weighted by Crippen LogP contribution is 2.37. The van der Waals surface area contributed by atoms with Gasteiger partial charge in [-0.05, 0) is 48.8 Å². The number of carbonyl (C=O) groups excluding carboxylic acids is 1. The Hall–Kier alpha value is -4.27. The lowest BCUT2D eigenvalue weighted by molar-refractivity contribution is -0.142. The van der Waals surface area contributed by atoms with E-state index >= 15 is 4.39 Å². The lowest BCUT2D eigenvalue weighted by Crippen LogP contribution is -2.21. The van der Waals surface area contributed by atoms with Crippen molar-refractivity contribution in [3.8, 4) is 11.3 Å². The molecule has 4 rings (SSSR count). The molecule has 0 saturated carbocycles. The van der Waals surface area contributed by atoms with E-state index in [2.05, 4.69) is 9.97 Å². The second-order valence-electron chi connectivity index (χ2n) is 7.85. The summed E-state index contributed by atoms with van der Waals surface area (Å²) in [5.41, 5.74) is -0.274. The molecule has 2 heterocycles. The van der Waals surface area contributed by atoms with Gasteiger partial charge >= 0.3 is 12.4 Å². The number of benzene rings is 2. The lowest BCUT2D eigenvalue weighted by Gasteiger charge is -2.15. The van der Waals surface area contributed by atoms with E-state index in [0.717, 1.165) is 12.1 Å². The van der Waals surface area contributed by atoms with Crippen LogP contribution in [-0.2, 0) is 17.1 Å². The molecular formula is C23H15F8N5O2. The first-order chi connectivity index (χ1) is 18.8. The highest BCUT2D eigenvalue weighted by Gasteiger charge is 2.36. The number of hydrogen-bond acceptors (Lipinski definition) is 5. The summed E-state index contributed by atoms with van der Waals surface area (Å²) in [4.78, 5) is 19.6. The molecular weight excluding hydrogens is 530 g/mol. The molecule has 7 nitrogen and oxygen atoms in total. The van der Waals surface area contributed by atoms with Crippen molar-refractivity contribution < 1.29 is 49.1 Å². The largest absolute Gasteiger partial charge is 0.433 e. The number of hydrogen-bond donors (Lipinski definition) is 3. The maximum absolute atomic E-state index is 15.2. The van der Waals surface area contributed by atoms with Crippen molar-refractivity contribution in [1.29, 1.82) is 0 Å². The van der Waals surface area contributed by atoms with Crippen LogP contribution in [0.15, 0.2) is 42.6 Å². The number of alkyl halides is 6. The zero-order valence-corrected chi connectivity index (χ0v) is 18.4. The number of aliphatic hydroxyl groups is 1. The number of rotatable bonds is 4. The Balaban J connectivity index is 1.73. The average Bonchev–Trinajstić information content (AvgIpc) is 3.24. The van der Waals surface area contributed by atoms with Crippen LogP contribution in [0.25, 0.3) is 16.8 Å². The Kier molecular flexibility index (Phi) is 5.56. The molecule has 38 heavy (non-hydrogen) atoms. The van der Waals surface area contributed by atoms with Crippen molar-refractivity contribution in [2.24, 2.45) is 0 Å². The van der Waals surface area contributed by atoms with Crippen LogP contribution >= 0.6 is 0 Å². The van der Waals surface area contributed by atoms with Gasteiger partial charge in [-0.2, -0.15) is 26.3 Å². The number of anilines is 2. The molecule has 4 N–H and O–H groups in total. The molecule has 2 aromatic heterocycles. The Labute approximate surface area is 211 Å². The predicted octanol–water partition coefficient (Wildman–Crippen LogP) is 5.27. The number of nitrogens with two attached hydrogens (primary N) is 1. The Morgan fingerprint density at radius 3 is 2.42 bits per heavy atom. The number of fused-ring (bicyclic) bond motifs is 1. The Bertz CT molecular complexity index is 1670. The molecule has 4 aromatic rings. The molecule has 2 aromatic carbocycles. The molecule has 0 unspecified atom stereocenters. The maximum atomic E-state index is 15.2. The van der Waals surface area contributed by atoms with Gasteiger partial charge in [0.25, 0.3) is 5.91 Å². The molecule has 0 radical (unpaired) electrons. The van der Waals surface area contributed by atoms with E-state index in [-0.39, 0.29) is 16.2 Å². The zero-order chi connectivity index (χ0) is 30.7. The first-order valence-electron chi connectivity index (χ1n) is 11.7. The zero-order valence-electron chi connectivity index (χ0n) is 21.4. The van der Waals surface area contributed by atoms with E-state index in [1.54, 1.807) is 0 Å².